The molecule has 0 bridgehead atoms. The highest BCUT2D eigenvalue weighted by Crippen LogP contribution is 2.38. The molecule has 2 aliphatic rings. The standard InChI is InChI=1S/C37H38N6O9.C2H6/c1-22-17-29-35-25(19-43(29)36(48)26(22)20-52-37(49)50)23(34-24-7-5-14-38-27(24)10-11-28(34)41-35)8-6-16-51-21-40-31(45)18-39-30(44)9-3-2-4-15-42-32(46)12-13-33(42)47;1-2/h5,7,10-14,17H,2-4,6,8-9,15-16,18-21H2,1H3,(H,39,44)(H,40,45)(H,49,50);1-2H3. The van der Waals surface area contributed by atoms with Gasteiger partial charge in [-0.05, 0) is 68.0 Å². The zero-order valence-corrected chi connectivity index (χ0v) is 30.6. The van der Waals surface area contributed by atoms with Crippen LogP contribution in [0, 0.1) is 6.92 Å². The van der Waals surface area contributed by atoms with Gasteiger partial charge in [0.15, 0.2) is 0 Å². The summed E-state index contributed by atoms with van der Waals surface area (Å²) in [6, 6.07) is 9.54. The van der Waals surface area contributed by atoms with E-state index >= 15 is 0 Å². The molecule has 15 heteroatoms. The lowest BCUT2D eigenvalue weighted by atomic mass is 9.94. The summed E-state index contributed by atoms with van der Waals surface area (Å²) in [6.45, 7) is 6.07. The number of carbonyl (C=O) groups is 5. The van der Waals surface area contributed by atoms with Gasteiger partial charge in [0.2, 0.25) is 11.8 Å². The van der Waals surface area contributed by atoms with Gasteiger partial charge in [-0.1, -0.05) is 26.3 Å². The number of benzene rings is 1. The molecular weight excluding hydrogens is 696 g/mol. The summed E-state index contributed by atoms with van der Waals surface area (Å²) in [5.74, 6) is -1.30. The molecule has 5 heterocycles. The minimum absolute atomic E-state index is 0.0408. The molecule has 15 nitrogen and oxygen atoms in total. The van der Waals surface area contributed by atoms with Crippen LogP contribution in [-0.2, 0) is 48.2 Å². The Kier molecular flexibility index (Phi) is 13.2. The highest BCUT2D eigenvalue weighted by atomic mass is 16.7. The lowest BCUT2D eigenvalue weighted by molar-refractivity contribution is -0.137. The quantitative estimate of drug-likeness (QED) is 0.0432. The summed E-state index contributed by atoms with van der Waals surface area (Å²) in [7, 11) is 0. The number of fused-ring (bicyclic) bond motifs is 6. The van der Waals surface area contributed by atoms with E-state index in [0.29, 0.717) is 62.2 Å². The van der Waals surface area contributed by atoms with Crippen LogP contribution >= 0.6 is 0 Å². The van der Waals surface area contributed by atoms with E-state index in [1.807, 2.05) is 44.2 Å². The Hall–Kier alpha value is -5.96. The molecule has 4 aromatic rings. The van der Waals surface area contributed by atoms with Crippen molar-refractivity contribution < 1.29 is 38.6 Å². The molecule has 1 aromatic carbocycles. The molecule has 284 valence electrons. The number of aromatic nitrogens is 3. The molecule has 0 atom stereocenters. The van der Waals surface area contributed by atoms with Gasteiger partial charge in [0.25, 0.3) is 17.4 Å². The van der Waals surface area contributed by atoms with Crippen LogP contribution in [0.25, 0.3) is 33.2 Å². The van der Waals surface area contributed by atoms with Crippen LogP contribution in [0.2, 0.25) is 0 Å². The third-order valence-electron chi connectivity index (χ3n) is 9.19. The van der Waals surface area contributed by atoms with Crippen molar-refractivity contribution in [3.8, 4) is 11.4 Å². The van der Waals surface area contributed by atoms with Crippen LogP contribution < -0.4 is 16.2 Å². The number of pyridine rings is 3. The Morgan fingerprint density at radius 1 is 0.926 bits per heavy atom. The zero-order valence-electron chi connectivity index (χ0n) is 30.6. The highest BCUT2D eigenvalue weighted by molar-refractivity contribution is 6.13. The Labute approximate surface area is 311 Å². The normalized spacial score (nSPS) is 12.8. The number of nitrogens with zero attached hydrogens (tertiary/aromatic N) is 4. The number of imide groups is 1. The van der Waals surface area contributed by atoms with E-state index in [1.54, 1.807) is 17.7 Å². The van der Waals surface area contributed by atoms with E-state index in [4.69, 9.17) is 19.6 Å². The summed E-state index contributed by atoms with van der Waals surface area (Å²) in [5, 5.41) is 16.1. The molecule has 6 rings (SSSR count). The first-order chi connectivity index (χ1) is 26.1. The van der Waals surface area contributed by atoms with Gasteiger partial charge in [-0.15, -0.1) is 0 Å². The molecule has 0 spiro atoms. The summed E-state index contributed by atoms with van der Waals surface area (Å²) in [6.07, 6.45) is 5.97. The van der Waals surface area contributed by atoms with Crippen molar-refractivity contribution in [2.45, 2.75) is 72.4 Å². The van der Waals surface area contributed by atoms with E-state index < -0.39 is 12.1 Å². The monoisotopic (exact) mass is 740 g/mol. The number of aryl methyl sites for hydroxylation is 2. The minimum Gasteiger partial charge on any atom is -0.450 e. The second-order valence-corrected chi connectivity index (χ2v) is 12.6. The number of carbonyl (C=O) groups excluding carboxylic acids is 4. The molecule has 54 heavy (non-hydrogen) atoms. The van der Waals surface area contributed by atoms with Crippen LogP contribution in [0.15, 0.2) is 53.5 Å². The summed E-state index contributed by atoms with van der Waals surface area (Å²) in [4.78, 5) is 82.8. The van der Waals surface area contributed by atoms with Gasteiger partial charge in [0.05, 0.1) is 41.1 Å². The number of rotatable bonds is 16. The number of ether oxygens (including phenoxy) is 2. The summed E-state index contributed by atoms with van der Waals surface area (Å²) >= 11 is 0. The van der Waals surface area contributed by atoms with Crippen molar-refractivity contribution in [1.29, 1.82) is 0 Å². The fourth-order valence-corrected chi connectivity index (χ4v) is 6.59. The first kappa shape index (κ1) is 39.3. The van der Waals surface area contributed by atoms with E-state index in [1.165, 1.54) is 17.1 Å². The molecule has 0 unspecified atom stereocenters. The number of hydrogen-bond acceptors (Lipinski definition) is 10. The number of hydrogen-bond donors (Lipinski definition) is 3. The molecule has 0 aliphatic carbocycles. The lowest BCUT2D eigenvalue weighted by Gasteiger charge is -2.14. The van der Waals surface area contributed by atoms with Gasteiger partial charge in [-0.3, -0.25) is 33.9 Å². The van der Waals surface area contributed by atoms with Crippen molar-refractivity contribution in [2.75, 3.05) is 26.4 Å². The Bertz CT molecular complexity index is 2160. The molecule has 4 amide bonds. The Morgan fingerprint density at radius 3 is 2.44 bits per heavy atom. The average molecular weight is 741 g/mol. The van der Waals surface area contributed by atoms with Gasteiger partial charge in [0.1, 0.15) is 13.3 Å². The van der Waals surface area contributed by atoms with E-state index in [0.717, 1.165) is 32.9 Å². The largest absolute Gasteiger partial charge is 0.506 e. The van der Waals surface area contributed by atoms with Crippen molar-refractivity contribution in [3.63, 3.8) is 0 Å². The van der Waals surface area contributed by atoms with Gasteiger partial charge >= 0.3 is 6.16 Å². The van der Waals surface area contributed by atoms with E-state index in [2.05, 4.69) is 15.6 Å². The molecule has 0 saturated carbocycles. The first-order valence-corrected chi connectivity index (χ1v) is 18.1. The number of nitrogens with one attached hydrogen (secondary N) is 2. The van der Waals surface area contributed by atoms with Crippen LogP contribution in [0.5, 0.6) is 0 Å². The maximum atomic E-state index is 13.5. The SMILES string of the molecule is CC.Cc1cc2n(c(=O)c1COC(=O)O)Cc1c-2nc2ccc3ncccc3c2c1CCCOCNC(=O)CNC(=O)CCCCCN1C(=O)C=CC1=O. The second-order valence-electron chi connectivity index (χ2n) is 12.6. The van der Waals surface area contributed by atoms with Crippen LogP contribution in [0.3, 0.4) is 0 Å². The first-order valence-electron chi connectivity index (χ1n) is 18.1. The van der Waals surface area contributed by atoms with Crippen molar-refractivity contribution in [2.24, 2.45) is 0 Å². The second kappa shape index (κ2) is 18.2. The fourth-order valence-electron chi connectivity index (χ4n) is 6.59. The molecule has 0 saturated heterocycles. The van der Waals surface area contributed by atoms with Crippen LogP contribution in [-0.4, -0.2) is 80.8 Å². The Morgan fingerprint density at radius 2 is 1.69 bits per heavy atom. The minimum atomic E-state index is -1.46. The fraction of sp³-hybridized carbons (Fsp3) is 0.385. The molecular formula is C39H44N6O9. The molecule has 3 N–H and O–H groups in total. The smallest absolute Gasteiger partial charge is 0.450 e. The van der Waals surface area contributed by atoms with Crippen molar-refractivity contribution in [1.82, 2.24) is 30.1 Å². The van der Waals surface area contributed by atoms with Crippen molar-refractivity contribution >= 4 is 51.6 Å². The van der Waals surface area contributed by atoms with E-state index in [-0.39, 0.29) is 61.7 Å². The van der Waals surface area contributed by atoms with Crippen molar-refractivity contribution in [3.05, 3.63) is 81.3 Å². The van der Waals surface area contributed by atoms with Gasteiger partial charge in [0, 0.05) is 54.3 Å². The predicted molar refractivity (Wildman–Crippen MR) is 199 cm³/mol. The molecule has 0 fully saturated rings. The average Bonchev–Trinajstić information content (AvgIpc) is 3.69. The predicted octanol–water partition coefficient (Wildman–Crippen LogP) is 4.13. The maximum absolute atomic E-state index is 13.5. The van der Waals surface area contributed by atoms with Crippen LogP contribution in [0.1, 0.15) is 68.2 Å². The summed E-state index contributed by atoms with van der Waals surface area (Å²) in [5.41, 5.74) is 5.39. The van der Waals surface area contributed by atoms with Gasteiger partial charge in [-0.25, -0.2) is 9.78 Å². The number of carboxylic acid groups (broad SMARTS) is 1. The zero-order chi connectivity index (χ0) is 38.8. The molecule has 2 aliphatic heterocycles. The Balaban J connectivity index is 0.00000276. The molecule has 0 radical (unpaired) electrons. The third kappa shape index (κ3) is 8.97. The summed E-state index contributed by atoms with van der Waals surface area (Å²) < 4.78 is 12.1. The van der Waals surface area contributed by atoms with Gasteiger partial charge in [-0.2, -0.15) is 0 Å². The number of unbranched alkanes of at least 4 members (excludes halogenated alkanes) is 2. The third-order valence-corrected chi connectivity index (χ3v) is 9.19. The topological polar surface area (TPSA) is 199 Å². The highest BCUT2D eigenvalue weighted by Gasteiger charge is 2.28. The van der Waals surface area contributed by atoms with Gasteiger partial charge < -0.3 is 29.8 Å². The van der Waals surface area contributed by atoms with E-state index in [9.17, 15) is 28.8 Å². The van der Waals surface area contributed by atoms with Crippen LogP contribution in [0.4, 0.5) is 4.79 Å². The maximum Gasteiger partial charge on any atom is 0.506 e. The number of amides is 4. The lowest BCUT2D eigenvalue weighted by Crippen LogP contribution is -2.37. The molecule has 3 aromatic heterocycles.